The highest BCUT2D eigenvalue weighted by atomic mass is 16.5. The molecule has 0 aromatic carbocycles. The number of aliphatic imine (C=N–C) groups is 1. The Bertz CT molecular complexity index is 185. The third kappa shape index (κ3) is 2.70. The van der Waals surface area contributed by atoms with Crippen LogP contribution in [0.5, 0.6) is 0 Å². The zero-order valence-electron chi connectivity index (χ0n) is 6.96. The van der Waals surface area contributed by atoms with Crippen molar-refractivity contribution in [2.75, 3.05) is 13.2 Å². The molecule has 1 fully saturated rings. The second-order valence-electron chi connectivity index (χ2n) is 3.14. The molecular weight excluding hydrogens is 142 g/mol. The summed E-state index contributed by atoms with van der Waals surface area (Å²) in [6.07, 6.45) is 0.396. The van der Waals surface area contributed by atoms with E-state index in [1.54, 1.807) is 0 Å². The van der Waals surface area contributed by atoms with E-state index in [9.17, 15) is 4.79 Å². The summed E-state index contributed by atoms with van der Waals surface area (Å²) in [7, 11) is 0. The lowest BCUT2D eigenvalue weighted by Crippen LogP contribution is -2.01. The SMILES string of the molecule is CC(C)CN=C1COC(=O)C1. The Morgan fingerprint density at radius 2 is 2.36 bits per heavy atom. The molecule has 0 N–H and O–H groups in total. The molecule has 0 amide bonds. The van der Waals surface area contributed by atoms with E-state index in [4.69, 9.17) is 4.74 Å². The summed E-state index contributed by atoms with van der Waals surface area (Å²) in [5, 5.41) is 0. The van der Waals surface area contributed by atoms with Gasteiger partial charge in [-0.1, -0.05) is 13.8 Å². The molecule has 0 saturated carbocycles. The molecule has 1 heterocycles. The van der Waals surface area contributed by atoms with Gasteiger partial charge in [-0.3, -0.25) is 9.79 Å². The van der Waals surface area contributed by atoms with Gasteiger partial charge in [0.25, 0.3) is 0 Å². The summed E-state index contributed by atoms with van der Waals surface area (Å²) >= 11 is 0. The highest BCUT2D eigenvalue weighted by molar-refractivity contribution is 6.04. The molecule has 0 unspecified atom stereocenters. The van der Waals surface area contributed by atoms with E-state index >= 15 is 0 Å². The molecule has 0 spiro atoms. The van der Waals surface area contributed by atoms with E-state index in [1.165, 1.54) is 0 Å². The molecule has 0 aliphatic carbocycles. The van der Waals surface area contributed by atoms with Crippen LogP contribution in [0, 0.1) is 5.92 Å². The molecule has 3 nitrogen and oxygen atoms in total. The molecule has 0 aromatic heterocycles. The van der Waals surface area contributed by atoms with Crippen LogP contribution < -0.4 is 0 Å². The minimum absolute atomic E-state index is 0.146. The van der Waals surface area contributed by atoms with Crippen LogP contribution in [0.1, 0.15) is 20.3 Å². The van der Waals surface area contributed by atoms with Crippen LogP contribution in [0.4, 0.5) is 0 Å². The van der Waals surface area contributed by atoms with Gasteiger partial charge < -0.3 is 4.74 Å². The first kappa shape index (κ1) is 8.24. The molecule has 1 aliphatic rings. The molecule has 1 aliphatic heterocycles. The number of hydrogen-bond donors (Lipinski definition) is 0. The lowest BCUT2D eigenvalue weighted by atomic mass is 10.2. The summed E-state index contributed by atoms with van der Waals surface area (Å²) in [6, 6.07) is 0. The Labute approximate surface area is 66.5 Å². The van der Waals surface area contributed by atoms with Crippen molar-refractivity contribution in [2.45, 2.75) is 20.3 Å². The first-order valence-corrected chi connectivity index (χ1v) is 3.86. The monoisotopic (exact) mass is 155 g/mol. The maximum absolute atomic E-state index is 10.6. The molecule has 0 radical (unpaired) electrons. The predicted molar refractivity (Wildman–Crippen MR) is 42.7 cm³/mol. The molecule has 0 atom stereocenters. The second kappa shape index (κ2) is 3.51. The Morgan fingerprint density at radius 1 is 1.64 bits per heavy atom. The fourth-order valence-electron chi connectivity index (χ4n) is 0.846. The van der Waals surface area contributed by atoms with E-state index in [-0.39, 0.29) is 5.97 Å². The highest BCUT2D eigenvalue weighted by Crippen LogP contribution is 2.03. The third-order valence-electron chi connectivity index (χ3n) is 1.43. The van der Waals surface area contributed by atoms with Gasteiger partial charge in [-0.05, 0) is 5.92 Å². The number of hydrogen-bond acceptors (Lipinski definition) is 3. The zero-order valence-corrected chi connectivity index (χ0v) is 6.96. The predicted octanol–water partition coefficient (Wildman–Crippen LogP) is 1.03. The average Bonchev–Trinajstić information content (AvgIpc) is 2.31. The van der Waals surface area contributed by atoms with E-state index in [0.29, 0.717) is 18.9 Å². The molecule has 0 aromatic rings. The van der Waals surface area contributed by atoms with Crippen molar-refractivity contribution in [2.24, 2.45) is 10.9 Å². The van der Waals surface area contributed by atoms with E-state index in [2.05, 4.69) is 18.8 Å². The van der Waals surface area contributed by atoms with Crippen molar-refractivity contribution in [3.05, 3.63) is 0 Å². The number of rotatable bonds is 2. The quantitative estimate of drug-likeness (QED) is 0.559. The third-order valence-corrected chi connectivity index (χ3v) is 1.43. The summed E-state index contributed by atoms with van der Waals surface area (Å²) in [4.78, 5) is 14.8. The fourth-order valence-corrected chi connectivity index (χ4v) is 0.846. The van der Waals surface area contributed by atoms with Crippen molar-refractivity contribution in [1.82, 2.24) is 0 Å². The fraction of sp³-hybridized carbons (Fsp3) is 0.750. The average molecular weight is 155 g/mol. The van der Waals surface area contributed by atoms with Crippen LogP contribution in [-0.2, 0) is 9.53 Å². The highest BCUT2D eigenvalue weighted by Gasteiger charge is 2.17. The molecule has 62 valence electrons. The van der Waals surface area contributed by atoms with Gasteiger partial charge in [0.1, 0.15) is 6.61 Å². The number of cyclic esters (lactones) is 1. The molecule has 11 heavy (non-hydrogen) atoms. The van der Waals surface area contributed by atoms with Gasteiger partial charge in [0.2, 0.25) is 0 Å². The van der Waals surface area contributed by atoms with E-state index in [1.807, 2.05) is 0 Å². The smallest absolute Gasteiger partial charge is 0.312 e. The lowest BCUT2D eigenvalue weighted by Gasteiger charge is -1.97. The Balaban J connectivity index is 2.36. The van der Waals surface area contributed by atoms with Crippen molar-refractivity contribution >= 4 is 11.7 Å². The normalized spacial score (nSPS) is 21.4. The molecule has 1 rings (SSSR count). The molecular formula is C8H13NO2. The van der Waals surface area contributed by atoms with Gasteiger partial charge in [-0.15, -0.1) is 0 Å². The lowest BCUT2D eigenvalue weighted by molar-refractivity contribution is -0.137. The van der Waals surface area contributed by atoms with Gasteiger partial charge in [0, 0.05) is 6.54 Å². The van der Waals surface area contributed by atoms with Crippen LogP contribution in [0.2, 0.25) is 0 Å². The number of ether oxygens (including phenoxy) is 1. The number of esters is 1. The van der Waals surface area contributed by atoms with Gasteiger partial charge in [-0.25, -0.2) is 0 Å². The van der Waals surface area contributed by atoms with Crippen LogP contribution in [0.25, 0.3) is 0 Å². The van der Waals surface area contributed by atoms with E-state index < -0.39 is 0 Å². The zero-order chi connectivity index (χ0) is 8.27. The van der Waals surface area contributed by atoms with Crippen LogP contribution >= 0.6 is 0 Å². The topological polar surface area (TPSA) is 38.7 Å². The summed E-state index contributed by atoms with van der Waals surface area (Å²) in [5.74, 6) is 0.408. The first-order valence-electron chi connectivity index (χ1n) is 3.86. The standard InChI is InChI=1S/C8H13NO2/c1-6(2)4-9-7-3-8(10)11-5-7/h6H,3-5H2,1-2H3. The maximum atomic E-state index is 10.6. The second-order valence-corrected chi connectivity index (χ2v) is 3.14. The number of nitrogens with zero attached hydrogens (tertiary/aromatic N) is 1. The number of carbonyl (C=O) groups is 1. The minimum Gasteiger partial charge on any atom is -0.459 e. The molecule has 0 bridgehead atoms. The van der Waals surface area contributed by atoms with E-state index in [0.717, 1.165) is 12.3 Å². The summed E-state index contributed by atoms with van der Waals surface area (Å²) in [6.45, 7) is 5.40. The van der Waals surface area contributed by atoms with Gasteiger partial charge in [0.05, 0.1) is 12.1 Å². The van der Waals surface area contributed by atoms with Crippen molar-refractivity contribution in [3.8, 4) is 0 Å². The summed E-state index contributed by atoms with van der Waals surface area (Å²) < 4.78 is 4.73. The number of carbonyl (C=O) groups excluding carboxylic acids is 1. The maximum Gasteiger partial charge on any atom is 0.312 e. The summed E-state index contributed by atoms with van der Waals surface area (Å²) in [5.41, 5.74) is 0.892. The van der Waals surface area contributed by atoms with Crippen LogP contribution in [0.15, 0.2) is 4.99 Å². The first-order chi connectivity index (χ1) is 5.18. The largest absolute Gasteiger partial charge is 0.459 e. The van der Waals surface area contributed by atoms with Crippen LogP contribution in [0.3, 0.4) is 0 Å². The van der Waals surface area contributed by atoms with Crippen LogP contribution in [-0.4, -0.2) is 24.8 Å². The van der Waals surface area contributed by atoms with Gasteiger partial charge in [-0.2, -0.15) is 0 Å². The Hall–Kier alpha value is -0.860. The van der Waals surface area contributed by atoms with Gasteiger partial charge >= 0.3 is 5.97 Å². The van der Waals surface area contributed by atoms with Crippen molar-refractivity contribution < 1.29 is 9.53 Å². The Morgan fingerprint density at radius 3 is 2.82 bits per heavy atom. The Kier molecular flexibility index (Phi) is 2.63. The van der Waals surface area contributed by atoms with Crippen molar-refractivity contribution in [3.63, 3.8) is 0 Å². The molecule has 1 saturated heterocycles. The van der Waals surface area contributed by atoms with Gasteiger partial charge in [0.15, 0.2) is 0 Å². The molecule has 3 heteroatoms. The van der Waals surface area contributed by atoms with Crippen molar-refractivity contribution in [1.29, 1.82) is 0 Å². The minimum atomic E-state index is -0.146.